The summed E-state index contributed by atoms with van der Waals surface area (Å²) >= 11 is 0. The molecule has 184 valence electrons. The lowest BCUT2D eigenvalue weighted by molar-refractivity contribution is -0.123. The number of hydrogen-bond donors (Lipinski definition) is 2. The topological polar surface area (TPSA) is 64.7 Å². The van der Waals surface area contributed by atoms with Crippen LogP contribution in [0.1, 0.15) is 42.6 Å². The average Bonchev–Trinajstić information content (AvgIpc) is 2.82. The molecule has 3 rings (SSSR count). The molecule has 2 aromatic carbocycles. The van der Waals surface area contributed by atoms with Crippen molar-refractivity contribution in [2.75, 3.05) is 44.2 Å². The fourth-order valence-electron chi connectivity index (χ4n) is 4.20. The van der Waals surface area contributed by atoms with Crippen LogP contribution < -0.4 is 15.5 Å². The first-order valence-electron chi connectivity index (χ1n) is 12.2. The number of unbranched alkanes of at least 4 members (excludes halogenated alkanes) is 1. The number of carbonyl (C=O) groups is 2. The Bertz CT molecular complexity index is 940. The van der Waals surface area contributed by atoms with Gasteiger partial charge in [0.15, 0.2) is 0 Å². The number of rotatable bonds is 10. The molecule has 34 heavy (non-hydrogen) atoms. The molecule has 1 heterocycles. The van der Waals surface area contributed by atoms with E-state index in [1.165, 1.54) is 35.5 Å². The van der Waals surface area contributed by atoms with E-state index in [1.54, 1.807) is 0 Å². The lowest BCUT2D eigenvalue weighted by Gasteiger charge is -2.36. The number of nitrogens with zero attached hydrogens (tertiary/aromatic N) is 2. The van der Waals surface area contributed by atoms with Crippen molar-refractivity contribution in [3.8, 4) is 0 Å². The summed E-state index contributed by atoms with van der Waals surface area (Å²) in [5.74, 6) is -1.02. The zero-order chi connectivity index (χ0) is 24.5. The van der Waals surface area contributed by atoms with E-state index in [-0.39, 0.29) is 17.7 Å². The Morgan fingerprint density at radius 1 is 1.00 bits per heavy atom. The highest BCUT2D eigenvalue weighted by atomic mass is 19.1. The highest BCUT2D eigenvalue weighted by Crippen LogP contribution is 2.18. The highest BCUT2D eigenvalue weighted by Gasteiger charge is 2.24. The normalized spacial score (nSPS) is 15.3. The molecule has 2 amide bonds. The first-order valence-corrected chi connectivity index (χ1v) is 12.2. The minimum Gasteiger partial charge on any atom is -0.369 e. The molecule has 7 heteroatoms. The number of anilines is 1. The predicted molar refractivity (Wildman–Crippen MR) is 135 cm³/mol. The number of nitrogens with one attached hydrogen (secondary N) is 2. The SMILES string of the molecule is Cc1cccc(N2CCN(CCCCNC(=O)C(NC(=O)c3ccc(F)cc3)C(C)C)CC2)c1. The summed E-state index contributed by atoms with van der Waals surface area (Å²) in [6, 6.07) is 13.3. The highest BCUT2D eigenvalue weighted by molar-refractivity contribution is 5.97. The summed E-state index contributed by atoms with van der Waals surface area (Å²) in [7, 11) is 0. The Labute approximate surface area is 202 Å². The van der Waals surface area contributed by atoms with E-state index in [2.05, 4.69) is 51.6 Å². The maximum atomic E-state index is 13.1. The fraction of sp³-hybridized carbons (Fsp3) is 0.481. The third kappa shape index (κ3) is 7.55. The van der Waals surface area contributed by atoms with Gasteiger partial charge in [0.1, 0.15) is 11.9 Å². The second-order valence-corrected chi connectivity index (χ2v) is 9.37. The lowest BCUT2D eigenvalue weighted by atomic mass is 10.0. The largest absolute Gasteiger partial charge is 0.369 e. The van der Waals surface area contributed by atoms with Gasteiger partial charge in [-0.2, -0.15) is 0 Å². The van der Waals surface area contributed by atoms with Gasteiger partial charge in [-0.15, -0.1) is 0 Å². The van der Waals surface area contributed by atoms with E-state index in [4.69, 9.17) is 0 Å². The molecule has 6 nitrogen and oxygen atoms in total. The molecule has 0 saturated carbocycles. The number of hydrogen-bond acceptors (Lipinski definition) is 4. The summed E-state index contributed by atoms with van der Waals surface area (Å²) in [5, 5.41) is 5.74. The van der Waals surface area contributed by atoms with Crippen LogP contribution in [0.3, 0.4) is 0 Å². The van der Waals surface area contributed by atoms with Crippen LogP contribution in [0.2, 0.25) is 0 Å². The summed E-state index contributed by atoms with van der Waals surface area (Å²) in [6.07, 6.45) is 1.90. The molecular weight excluding hydrogens is 431 g/mol. The number of amides is 2. The van der Waals surface area contributed by atoms with Gasteiger partial charge in [-0.1, -0.05) is 26.0 Å². The Morgan fingerprint density at radius 2 is 1.71 bits per heavy atom. The van der Waals surface area contributed by atoms with Gasteiger partial charge in [0.2, 0.25) is 5.91 Å². The molecule has 0 radical (unpaired) electrons. The Balaban J connectivity index is 1.34. The van der Waals surface area contributed by atoms with Crippen LogP contribution in [0.4, 0.5) is 10.1 Å². The molecule has 1 atom stereocenters. The molecule has 0 spiro atoms. The molecule has 2 N–H and O–H groups in total. The number of piperazine rings is 1. The number of aryl methyl sites for hydroxylation is 1. The maximum absolute atomic E-state index is 13.1. The van der Waals surface area contributed by atoms with Crippen molar-refractivity contribution in [1.29, 1.82) is 0 Å². The second-order valence-electron chi connectivity index (χ2n) is 9.37. The van der Waals surface area contributed by atoms with E-state index >= 15 is 0 Å². The molecule has 2 aromatic rings. The van der Waals surface area contributed by atoms with E-state index in [9.17, 15) is 14.0 Å². The Hall–Kier alpha value is -2.93. The van der Waals surface area contributed by atoms with Crippen molar-refractivity contribution >= 4 is 17.5 Å². The summed E-state index contributed by atoms with van der Waals surface area (Å²) < 4.78 is 13.1. The summed E-state index contributed by atoms with van der Waals surface area (Å²) in [6.45, 7) is 11.7. The van der Waals surface area contributed by atoms with Gasteiger partial charge in [-0.25, -0.2) is 4.39 Å². The van der Waals surface area contributed by atoms with Crippen molar-refractivity contribution in [1.82, 2.24) is 15.5 Å². The number of halogens is 1. The van der Waals surface area contributed by atoms with Gasteiger partial charge in [0.05, 0.1) is 0 Å². The Morgan fingerprint density at radius 3 is 2.35 bits per heavy atom. The zero-order valence-corrected chi connectivity index (χ0v) is 20.5. The van der Waals surface area contributed by atoms with E-state index < -0.39 is 11.9 Å². The van der Waals surface area contributed by atoms with Crippen LogP contribution in [0.5, 0.6) is 0 Å². The molecule has 0 aliphatic carbocycles. The van der Waals surface area contributed by atoms with Crippen LogP contribution in [0, 0.1) is 18.7 Å². The summed E-state index contributed by atoms with van der Waals surface area (Å²) in [4.78, 5) is 30.0. The fourth-order valence-corrected chi connectivity index (χ4v) is 4.20. The van der Waals surface area contributed by atoms with Crippen molar-refractivity contribution < 1.29 is 14.0 Å². The van der Waals surface area contributed by atoms with E-state index in [0.29, 0.717) is 12.1 Å². The average molecular weight is 469 g/mol. The number of benzene rings is 2. The van der Waals surface area contributed by atoms with Crippen molar-refractivity contribution in [2.24, 2.45) is 5.92 Å². The van der Waals surface area contributed by atoms with Gasteiger partial charge < -0.3 is 15.5 Å². The molecule has 1 aliphatic rings. The van der Waals surface area contributed by atoms with Crippen molar-refractivity contribution in [3.63, 3.8) is 0 Å². The second kappa shape index (κ2) is 12.5. The van der Waals surface area contributed by atoms with Gasteiger partial charge in [0.25, 0.3) is 5.91 Å². The first-order chi connectivity index (χ1) is 16.3. The van der Waals surface area contributed by atoms with Crippen molar-refractivity contribution in [3.05, 3.63) is 65.5 Å². The van der Waals surface area contributed by atoms with Gasteiger partial charge in [-0.3, -0.25) is 14.5 Å². The minimum absolute atomic E-state index is 0.0610. The zero-order valence-electron chi connectivity index (χ0n) is 20.5. The standard InChI is InChI=1S/C27H37FN4O2/c1-20(2)25(30-26(33)22-9-11-23(28)12-10-22)27(34)29-13-4-5-14-31-15-17-32(18-16-31)24-8-6-7-21(3)19-24/h6-12,19-20,25H,4-5,13-18H2,1-3H3,(H,29,34)(H,30,33). The van der Waals surface area contributed by atoms with Crippen LogP contribution >= 0.6 is 0 Å². The van der Waals surface area contributed by atoms with E-state index in [1.807, 2.05) is 13.8 Å². The van der Waals surface area contributed by atoms with Gasteiger partial charge in [-0.05, 0) is 74.2 Å². The van der Waals surface area contributed by atoms with Gasteiger partial charge >= 0.3 is 0 Å². The smallest absolute Gasteiger partial charge is 0.251 e. The van der Waals surface area contributed by atoms with Gasteiger partial charge in [0, 0.05) is 44.0 Å². The van der Waals surface area contributed by atoms with Crippen LogP contribution in [-0.4, -0.2) is 62.0 Å². The molecule has 1 unspecified atom stereocenters. The number of carbonyl (C=O) groups excluding carboxylic acids is 2. The molecular formula is C27H37FN4O2. The molecule has 0 aromatic heterocycles. The Kier molecular flexibility index (Phi) is 9.45. The van der Waals surface area contributed by atoms with Crippen LogP contribution in [0.25, 0.3) is 0 Å². The molecule has 1 aliphatic heterocycles. The minimum atomic E-state index is -0.632. The first kappa shape index (κ1) is 25.7. The molecule has 1 saturated heterocycles. The third-order valence-electron chi connectivity index (χ3n) is 6.28. The monoisotopic (exact) mass is 468 g/mol. The quantitative estimate of drug-likeness (QED) is 0.523. The molecule has 1 fully saturated rings. The predicted octanol–water partition coefficient (Wildman–Crippen LogP) is 3.61. The summed E-state index contributed by atoms with van der Waals surface area (Å²) in [5.41, 5.74) is 2.92. The van der Waals surface area contributed by atoms with Crippen LogP contribution in [0.15, 0.2) is 48.5 Å². The van der Waals surface area contributed by atoms with E-state index in [0.717, 1.165) is 45.6 Å². The van der Waals surface area contributed by atoms with Crippen molar-refractivity contribution in [2.45, 2.75) is 39.7 Å². The third-order valence-corrected chi connectivity index (χ3v) is 6.28. The maximum Gasteiger partial charge on any atom is 0.251 e. The lowest BCUT2D eigenvalue weighted by Crippen LogP contribution is -2.50. The van der Waals surface area contributed by atoms with Crippen LogP contribution in [-0.2, 0) is 4.79 Å². The molecule has 0 bridgehead atoms.